The van der Waals surface area contributed by atoms with Crippen LogP contribution < -0.4 is 25.2 Å². The zero-order valence-electron chi connectivity index (χ0n) is 14.0. The molecule has 1 saturated heterocycles. The topological polar surface area (TPSA) is 45.8 Å². The van der Waals surface area contributed by atoms with Crippen molar-refractivity contribution < 1.29 is 9.47 Å². The van der Waals surface area contributed by atoms with Crippen LogP contribution in [0, 0.1) is 0 Å². The van der Waals surface area contributed by atoms with E-state index in [1.165, 1.54) is 0 Å². The fraction of sp³-hybridized carbons (Fsp3) is 0.278. The minimum atomic E-state index is -0.484. The van der Waals surface area contributed by atoms with Gasteiger partial charge in [0, 0.05) is 0 Å². The van der Waals surface area contributed by atoms with Crippen LogP contribution in [0.25, 0.3) is 0 Å². The van der Waals surface area contributed by atoms with Crippen molar-refractivity contribution in [1.29, 1.82) is 0 Å². The van der Waals surface area contributed by atoms with Crippen LogP contribution in [0.15, 0.2) is 48.5 Å². The summed E-state index contributed by atoms with van der Waals surface area (Å²) in [5.41, 5.74) is 4.97. The summed E-state index contributed by atoms with van der Waals surface area (Å²) in [7, 11) is 1.65. The van der Waals surface area contributed by atoms with Gasteiger partial charge < -0.3 is 14.8 Å². The van der Waals surface area contributed by atoms with E-state index in [-0.39, 0.29) is 0 Å². The quantitative estimate of drug-likeness (QED) is 0.813. The van der Waals surface area contributed by atoms with E-state index in [0.29, 0.717) is 11.7 Å². The number of hydrazine groups is 1. The number of hydrogen-bond acceptors (Lipinski definition) is 4. The number of benzene rings is 2. The molecule has 3 rings (SSSR count). The van der Waals surface area contributed by atoms with Gasteiger partial charge in [-0.25, -0.2) is 5.01 Å². The molecule has 0 radical (unpaired) electrons. The van der Waals surface area contributed by atoms with Gasteiger partial charge in [-0.2, -0.15) is 5.43 Å². The van der Waals surface area contributed by atoms with Crippen LogP contribution >= 0.6 is 12.2 Å². The Morgan fingerprint density at radius 1 is 1.04 bits per heavy atom. The molecule has 1 unspecified atom stereocenters. The second kappa shape index (κ2) is 6.67. The first kappa shape index (κ1) is 16.5. The predicted molar refractivity (Wildman–Crippen MR) is 99.3 cm³/mol. The van der Waals surface area contributed by atoms with Gasteiger partial charge >= 0.3 is 0 Å². The van der Waals surface area contributed by atoms with Crippen molar-refractivity contribution in [3.05, 3.63) is 54.1 Å². The highest BCUT2D eigenvalue weighted by Crippen LogP contribution is 2.28. The number of ether oxygens (including phenoxy) is 2. The van der Waals surface area contributed by atoms with E-state index in [2.05, 4.69) is 17.7 Å². The highest BCUT2D eigenvalue weighted by atomic mass is 32.1. The van der Waals surface area contributed by atoms with Crippen molar-refractivity contribution in [1.82, 2.24) is 10.7 Å². The molecule has 1 aliphatic rings. The first-order chi connectivity index (χ1) is 11.6. The molecule has 0 amide bonds. The Labute approximate surface area is 147 Å². The summed E-state index contributed by atoms with van der Waals surface area (Å²) in [6.45, 7) is 4.68. The molecule has 1 aliphatic heterocycles. The fourth-order valence-electron chi connectivity index (χ4n) is 2.67. The van der Waals surface area contributed by atoms with E-state index >= 15 is 0 Å². The van der Waals surface area contributed by atoms with Crippen LogP contribution in [-0.2, 0) is 5.66 Å². The zero-order chi connectivity index (χ0) is 17.2. The minimum absolute atomic E-state index is 0.484. The number of thiocarbonyl (C=S) groups is 1. The summed E-state index contributed by atoms with van der Waals surface area (Å²) in [4.78, 5) is 0. The molecule has 24 heavy (non-hydrogen) atoms. The molecule has 1 heterocycles. The Balaban J connectivity index is 1.81. The summed E-state index contributed by atoms with van der Waals surface area (Å²) < 4.78 is 10.7. The van der Waals surface area contributed by atoms with Gasteiger partial charge in [-0.1, -0.05) is 12.1 Å². The van der Waals surface area contributed by atoms with Gasteiger partial charge in [0.1, 0.15) is 17.2 Å². The molecule has 0 aliphatic carbocycles. The second-order valence-corrected chi connectivity index (χ2v) is 6.04. The van der Waals surface area contributed by atoms with Crippen molar-refractivity contribution in [2.45, 2.75) is 19.5 Å². The molecule has 0 saturated carbocycles. The Morgan fingerprint density at radius 3 is 2.25 bits per heavy atom. The van der Waals surface area contributed by atoms with Crippen molar-refractivity contribution in [2.75, 3.05) is 18.7 Å². The van der Waals surface area contributed by atoms with E-state index in [1.807, 2.05) is 60.5 Å². The maximum absolute atomic E-state index is 5.50. The molecule has 1 atom stereocenters. The number of methoxy groups -OCH3 is 1. The van der Waals surface area contributed by atoms with Crippen molar-refractivity contribution >= 4 is 23.0 Å². The summed E-state index contributed by atoms with van der Waals surface area (Å²) in [6, 6.07) is 15.7. The minimum Gasteiger partial charge on any atom is -0.497 e. The standard InChI is InChI=1S/C18H21N3O2S/c1-4-23-16-9-5-13(6-10-16)18(2)19-17(24)21(20-18)14-7-11-15(22-3)12-8-14/h5-12,20H,4H2,1-3H3,(H,19,24). The Morgan fingerprint density at radius 2 is 1.67 bits per heavy atom. The molecule has 6 heteroatoms. The summed E-state index contributed by atoms with van der Waals surface area (Å²) in [5, 5.41) is 5.84. The SMILES string of the molecule is CCOc1ccc(C2(C)NC(=S)N(c3ccc(OC)cc3)N2)cc1. The maximum atomic E-state index is 5.50. The van der Waals surface area contributed by atoms with E-state index in [1.54, 1.807) is 7.11 Å². The van der Waals surface area contributed by atoms with Crippen molar-refractivity contribution in [3.8, 4) is 11.5 Å². The van der Waals surface area contributed by atoms with Gasteiger partial charge in [-0.3, -0.25) is 0 Å². The first-order valence-electron chi connectivity index (χ1n) is 7.83. The molecule has 2 N–H and O–H groups in total. The number of anilines is 1. The predicted octanol–water partition coefficient (Wildman–Crippen LogP) is 3.17. The van der Waals surface area contributed by atoms with Crippen LogP contribution in [0.3, 0.4) is 0 Å². The lowest BCUT2D eigenvalue weighted by atomic mass is 10.0. The van der Waals surface area contributed by atoms with Gasteiger partial charge in [-0.05, 0) is 68.0 Å². The summed E-state index contributed by atoms with van der Waals surface area (Å²) in [5.74, 6) is 1.67. The average Bonchev–Trinajstić information content (AvgIpc) is 2.92. The maximum Gasteiger partial charge on any atom is 0.190 e. The Hall–Kier alpha value is -2.31. The van der Waals surface area contributed by atoms with E-state index in [9.17, 15) is 0 Å². The molecular weight excluding hydrogens is 322 g/mol. The van der Waals surface area contributed by atoms with Gasteiger partial charge in [0.15, 0.2) is 5.11 Å². The molecule has 5 nitrogen and oxygen atoms in total. The average molecular weight is 343 g/mol. The molecule has 0 spiro atoms. The lowest BCUT2D eigenvalue weighted by Crippen LogP contribution is -2.45. The molecule has 1 fully saturated rings. The zero-order valence-corrected chi connectivity index (χ0v) is 14.8. The van der Waals surface area contributed by atoms with E-state index < -0.39 is 5.66 Å². The lowest BCUT2D eigenvalue weighted by Gasteiger charge is -2.26. The largest absolute Gasteiger partial charge is 0.497 e. The number of nitrogens with zero attached hydrogens (tertiary/aromatic N) is 1. The Bertz CT molecular complexity index is 718. The van der Waals surface area contributed by atoms with E-state index in [0.717, 1.165) is 22.7 Å². The second-order valence-electron chi connectivity index (χ2n) is 5.66. The molecule has 2 aromatic rings. The normalized spacial score (nSPS) is 20.0. The smallest absolute Gasteiger partial charge is 0.190 e. The number of nitrogens with one attached hydrogen (secondary N) is 2. The third kappa shape index (κ3) is 3.16. The molecule has 126 valence electrons. The van der Waals surface area contributed by atoms with E-state index in [4.69, 9.17) is 21.7 Å². The van der Waals surface area contributed by atoms with Gasteiger partial charge in [0.2, 0.25) is 0 Å². The third-order valence-corrected chi connectivity index (χ3v) is 4.25. The van der Waals surface area contributed by atoms with Gasteiger partial charge in [-0.15, -0.1) is 0 Å². The first-order valence-corrected chi connectivity index (χ1v) is 8.24. The van der Waals surface area contributed by atoms with Crippen molar-refractivity contribution in [3.63, 3.8) is 0 Å². The van der Waals surface area contributed by atoms with Crippen LogP contribution in [0.4, 0.5) is 5.69 Å². The van der Waals surface area contributed by atoms with Gasteiger partial charge in [0.25, 0.3) is 0 Å². The fourth-order valence-corrected chi connectivity index (χ4v) is 3.03. The summed E-state index contributed by atoms with van der Waals surface area (Å²) >= 11 is 5.50. The van der Waals surface area contributed by atoms with Crippen LogP contribution in [0.2, 0.25) is 0 Å². The highest BCUT2D eigenvalue weighted by molar-refractivity contribution is 7.80. The molecular formula is C18H21N3O2S. The number of hydrogen-bond donors (Lipinski definition) is 2. The highest BCUT2D eigenvalue weighted by Gasteiger charge is 2.38. The number of rotatable bonds is 5. The molecule has 0 bridgehead atoms. The lowest BCUT2D eigenvalue weighted by molar-refractivity contribution is 0.339. The molecule has 2 aromatic carbocycles. The van der Waals surface area contributed by atoms with Crippen molar-refractivity contribution in [2.24, 2.45) is 0 Å². The van der Waals surface area contributed by atoms with Crippen LogP contribution in [0.1, 0.15) is 19.4 Å². The third-order valence-electron chi connectivity index (χ3n) is 3.97. The molecule has 0 aromatic heterocycles. The van der Waals surface area contributed by atoms with Gasteiger partial charge in [0.05, 0.1) is 19.4 Å². The van der Waals surface area contributed by atoms with Crippen LogP contribution in [0.5, 0.6) is 11.5 Å². The Kier molecular flexibility index (Phi) is 4.59. The monoisotopic (exact) mass is 343 g/mol. The van der Waals surface area contributed by atoms with Crippen LogP contribution in [-0.4, -0.2) is 18.8 Å². The summed E-state index contributed by atoms with van der Waals surface area (Å²) in [6.07, 6.45) is 0.